The zero-order chi connectivity index (χ0) is 16.5. The first-order valence-corrected chi connectivity index (χ1v) is 8.37. The molecule has 1 aromatic carbocycles. The van der Waals surface area contributed by atoms with Gasteiger partial charge in [-0.1, -0.05) is 24.3 Å². The molecule has 0 aliphatic carbocycles. The minimum Gasteiger partial charge on any atom is -0.353 e. The SMILES string of the molecule is Cc1ccccc1CN1CCN(c2ncnc3c2cnn3C)CC1. The molecule has 0 atom stereocenters. The summed E-state index contributed by atoms with van der Waals surface area (Å²) in [6.07, 6.45) is 3.50. The van der Waals surface area contributed by atoms with Crippen molar-refractivity contribution in [1.82, 2.24) is 24.6 Å². The van der Waals surface area contributed by atoms with Crippen LogP contribution in [0.1, 0.15) is 11.1 Å². The molecule has 1 fully saturated rings. The Kier molecular flexibility index (Phi) is 3.90. The van der Waals surface area contributed by atoms with E-state index in [0.29, 0.717) is 0 Å². The predicted octanol–water partition coefficient (Wildman–Crippen LogP) is 1.99. The molecule has 0 spiro atoms. The van der Waals surface area contributed by atoms with E-state index in [1.807, 2.05) is 13.2 Å². The Bertz CT molecular complexity index is 848. The van der Waals surface area contributed by atoms with Crippen LogP contribution in [0.25, 0.3) is 11.0 Å². The van der Waals surface area contributed by atoms with Crippen molar-refractivity contribution in [3.05, 3.63) is 47.9 Å². The number of aromatic nitrogens is 4. The number of anilines is 1. The lowest BCUT2D eigenvalue weighted by Crippen LogP contribution is -2.46. The van der Waals surface area contributed by atoms with Crippen molar-refractivity contribution in [3.8, 4) is 0 Å². The second-order valence-corrected chi connectivity index (χ2v) is 6.39. The monoisotopic (exact) mass is 322 g/mol. The number of hydrogen-bond donors (Lipinski definition) is 0. The predicted molar refractivity (Wildman–Crippen MR) is 95.0 cm³/mol. The molecule has 1 saturated heterocycles. The van der Waals surface area contributed by atoms with Crippen LogP contribution in [0.2, 0.25) is 0 Å². The average Bonchev–Trinajstić information content (AvgIpc) is 2.99. The standard InChI is InChI=1S/C18H22N6/c1-14-5-3-4-6-15(14)12-23-7-9-24(10-8-23)18-16-11-21-22(2)17(16)19-13-20-18/h3-6,11,13H,7-10,12H2,1-2H3. The first-order valence-electron chi connectivity index (χ1n) is 8.37. The van der Waals surface area contributed by atoms with E-state index in [1.165, 1.54) is 11.1 Å². The molecule has 2 aromatic heterocycles. The molecule has 0 amide bonds. The maximum absolute atomic E-state index is 4.51. The minimum absolute atomic E-state index is 0.891. The molecule has 0 bridgehead atoms. The number of piperazine rings is 1. The molecule has 0 radical (unpaired) electrons. The number of benzene rings is 1. The van der Waals surface area contributed by atoms with Crippen LogP contribution < -0.4 is 4.90 Å². The Morgan fingerprint density at radius 2 is 1.83 bits per heavy atom. The van der Waals surface area contributed by atoms with Gasteiger partial charge in [0.05, 0.1) is 11.6 Å². The van der Waals surface area contributed by atoms with Crippen molar-refractivity contribution in [3.63, 3.8) is 0 Å². The van der Waals surface area contributed by atoms with Gasteiger partial charge in [0.25, 0.3) is 0 Å². The van der Waals surface area contributed by atoms with Gasteiger partial charge in [0.1, 0.15) is 12.1 Å². The van der Waals surface area contributed by atoms with Crippen LogP contribution in [0.5, 0.6) is 0 Å². The third-order valence-corrected chi connectivity index (χ3v) is 4.84. The van der Waals surface area contributed by atoms with E-state index >= 15 is 0 Å². The summed E-state index contributed by atoms with van der Waals surface area (Å²) < 4.78 is 1.80. The fourth-order valence-corrected chi connectivity index (χ4v) is 3.35. The Morgan fingerprint density at radius 3 is 2.62 bits per heavy atom. The molecule has 0 saturated carbocycles. The van der Waals surface area contributed by atoms with Gasteiger partial charge in [-0.2, -0.15) is 5.10 Å². The maximum atomic E-state index is 4.51. The molecule has 1 aliphatic heterocycles. The zero-order valence-electron chi connectivity index (χ0n) is 14.2. The molecule has 3 aromatic rings. The van der Waals surface area contributed by atoms with Crippen molar-refractivity contribution in [2.45, 2.75) is 13.5 Å². The van der Waals surface area contributed by atoms with E-state index in [2.05, 4.69) is 56.1 Å². The third kappa shape index (κ3) is 2.73. The third-order valence-electron chi connectivity index (χ3n) is 4.84. The van der Waals surface area contributed by atoms with Crippen LogP contribution in [-0.4, -0.2) is 50.8 Å². The summed E-state index contributed by atoms with van der Waals surface area (Å²) in [7, 11) is 1.92. The normalized spacial score (nSPS) is 16.0. The van der Waals surface area contributed by atoms with Crippen molar-refractivity contribution in [2.75, 3.05) is 31.1 Å². The molecule has 6 nitrogen and oxygen atoms in total. The summed E-state index contributed by atoms with van der Waals surface area (Å²) in [4.78, 5) is 13.7. The molecule has 1 aliphatic rings. The van der Waals surface area contributed by atoms with Gasteiger partial charge in [-0.25, -0.2) is 9.97 Å². The molecular formula is C18H22N6. The Morgan fingerprint density at radius 1 is 1.04 bits per heavy atom. The fraction of sp³-hybridized carbons (Fsp3) is 0.389. The first kappa shape index (κ1) is 15.1. The number of nitrogens with zero attached hydrogens (tertiary/aromatic N) is 6. The van der Waals surface area contributed by atoms with Crippen molar-refractivity contribution in [1.29, 1.82) is 0 Å². The summed E-state index contributed by atoms with van der Waals surface area (Å²) in [5, 5.41) is 5.34. The summed E-state index contributed by atoms with van der Waals surface area (Å²) in [5.74, 6) is 1.00. The highest BCUT2D eigenvalue weighted by molar-refractivity contribution is 5.86. The molecule has 24 heavy (non-hydrogen) atoms. The zero-order valence-corrected chi connectivity index (χ0v) is 14.2. The number of fused-ring (bicyclic) bond motifs is 1. The van der Waals surface area contributed by atoms with Crippen LogP contribution in [0.15, 0.2) is 36.8 Å². The van der Waals surface area contributed by atoms with Crippen LogP contribution in [0, 0.1) is 6.92 Å². The molecule has 124 valence electrons. The quantitative estimate of drug-likeness (QED) is 0.738. The lowest BCUT2D eigenvalue weighted by Gasteiger charge is -2.35. The van der Waals surface area contributed by atoms with Gasteiger partial charge in [-0.3, -0.25) is 9.58 Å². The summed E-state index contributed by atoms with van der Waals surface area (Å²) in [6, 6.07) is 8.64. The van der Waals surface area contributed by atoms with Crippen molar-refractivity contribution >= 4 is 16.9 Å². The van der Waals surface area contributed by atoms with Gasteiger partial charge in [-0.15, -0.1) is 0 Å². The van der Waals surface area contributed by atoms with Crippen molar-refractivity contribution in [2.24, 2.45) is 7.05 Å². The lowest BCUT2D eigenvalue weighted by molar-refractivity contribution is 0.249. The Balaban J connectivity index is 1.47. The smallest absolute Gasteiger partial charge is 0.163 e. The molecule has 0 unspecified atom stereocenters. The summed E-state index contributed by atoms with van der Waals surface area (Å²) in [5.41, 5.74) is 3.68. The number of hydrogen-bond acceptors (Lipinski definition) is 5. The Labute approximate surface area is 141 Å². The molecule has 6 heteroatoms. The van der Waals surface area contributed by atoms with Gasteiger partial charge in [0.2, 0.25) is 0 Å². The molecule has 0 N–H and O–H groups in total. The van der Waals surface area contributed by atoms with Crippen molar-refractivity contribution < 1.29 is 0 Å². The van der Waals surface area contributed by atoms with E-state index in [1.54, 1.807) is 11.0 Å². The maximum Gasteiger partial charge on any atom is 0.163 e. The van der Waals surface area contributed by atoms with Gasteiger partial charge in [0, 0.05) is 39.8 Å². The van der Waals surface area contributed by atoms with Crippen LogP contribution >= 0.6 is 0 Å². The van der Waals surface area contributed by atoms with E-state index in [0.717, 1.165) is 49.6 Å². The topological polar surface area (TPSA) is 50.1 Å². The van der Waals surface area contributed by atoms with Gasteiger partial charge >= 0.3 is 0 Å². The van der Waals surface area contributed by atoms with E-state index in [4.69, 9.17) is 0 Å². The molecule has 3 heterocycles. The largest absolute Gasteiger partial charge is 0.353 e. The summed E-state index contributed by atoms with van der Waals surface area (Å²) >= 11 is 0. The van der Waals surface area contributed by atoms with Crippen LogP contribution in [-0.2, 0) is 13.6 Å². The summed E-state index contributed by atoms with van der Waals surface area (Å²) in [6.45, 7) is 7.25. The highest BCUT2D eigenvalue weighted by atomic mass is 15.3. The van der Waals surface area contributed by atoms with Gasteiger partial charge in [-0.05, 0) is 18.1 Å². The van der Waals surface area contributed by atoms with Gasteiger partial charge < -0.3 is 4.90 Å². The minimum atomic E-state index is 0.891. The van der Waals surface area contributed by atoms with Crippen LogP contribution in [0.3, 0.4) is 0 Å². The van der Waals surface area contributed by atoms with E-state index < -0.39 is 0 Å². The molecule has 4 rings (SSSR count). The molecular weight excluding hydrogens is 300 g/mol. The second-order valence-electron chi connectivity index (χ2n) is 6.39. The van der Waals surface area contributed by atoms with E-state index in [-0.39, 0.29) is 0 Å². The van der Waals surface area contributed by atoms with E-state index in [9.17, 15) is 0 Å². The number of aryl methyl sites for hydroxylation is 2. The van der Waals surface area contributed by atoms with Gasteiger partial charge in [0.15, 0.2) is 5.65 Å². The first-order chi connectivity index (χ1) is 11.7. The second kappa shape index (κ2) is 6.20. The Hall–Kier alpha value is -2.47. The fourth-order valence-electron chi connectivity index (χ4n) is 3.35. The highest BCUT2D eigenvalue weighted by Gasteiger charge is 2.21. The average molecular weight is 322 g/mol. The van der Waals surface area contributed by atoms with Crippen LogP contribution in [0.4, 0.5) is 5.82 Å². The highest BCUT2D eigenvalue weighted by Crippen LogP contribution is 2.23. The number of rotatable bonds is 3. The lowest BCUT2D eigenvalue weighted by atomic mass is 10.1.